The molecule has 2 rings (SSSR count). The quantitative estimate of drug-likeness (QED) is 0.849. The Bertz CT molecular complexity index is 508. The SMILES string of the molecule is COc1ccc(Cl)cc1C(=O)N1CCOC[C@H]1CN(C)C. The van der Waals surface area contributed by atoms with E-state index in [1.165, 1.54) is 0 Å². The Morgan fingerprint density at radius 2 is 2.29 bits per heavy atom. The average Bonchev–Trinajstić information content (AvgIpc) is 2.46. The lowest BCUT2D eigenvalue weighted by Gasteiger charge is -2.37. The third-order valence-electron chi connectivity index (χ3n) is 3.46. The molecule has 0 spiro atoms. The molecule has 0 aromatic heterocycles. The van der Waals surface area contributed by atoms with Crippen molar-refractivity contribution >= 4 is 17.5 Å². The van der Waals surface area contributed by atoms with Crippen LogP contribution in [0.4, 0.5) is 0 Å². The van der Waals surface area contributed by atoms with E-state index < -0.39 is 0 Å². The predicted molar refractivity (Wildman–Crippen MR) is 82.2 cm³/mol. The summed E-state index contributed by atoms with van der Waals surface area (Å²) in [5.74, 6) is 0.476. The summed E-state index contributed by atoms with van der Waals surface area (Å²) in [4.78, 5) is 16.7. The first-order valence-corrected chi connectivity index (χ1v) is 7.27. The number of amides is 1. The number of nitrogens with zero attached hydrogens (tertiary/aromatic N) is 2. The van der Waals surface area contributed by atoms with Crippen molar-refractivity contribution in [3.05, 3.63) is 28.8 Å². The van der Waals surface area contributed by atoms with Crippen LogP contribution >= 0.6 is 11.6 Å². The number of benzene rings is 1. The Hall–Kier alpha value is -1.30. The van der Waals surface area contributed by atoms with Crippen LogP contribution < -0.4 is 4.74 Å². The van der Waals surface area contributed by atoms with E-state index in [0.29, 0.717) is 36.1 Å². The molecule has 1 heterocycles. The lowest BCUT2D eigenvalue weighted by Crippen LogP contribution is -2.52. The Morgan fingerprint density at radius 3 is 2.95 bits per heavy atom. The van der Waals surface area contributed by atoms with Crippen LogP contribution in [0.2, 0.25) is 5.02 Å². The number of morpholine rings is 1. The maximum atomic E-state index is 12.8. The Balaban J connectivity index is 2.26. The molecule has 0 bridgehead atoms. The fraction of sp³-hybridized carbons (Fsp3) is 0.533. The molecule has 1 aromatic carbocycles. The van der Waals surface area contributed by atoms with Gasteiger partial charge in [-0.3, -0.25) is 4.79 Å². The van der Waals surface area contributed by atoms with Crippen molar-refractivity contribution in [2.75, 3.05) is 47.5 Å². The van der Waals surface area contributed by atoms with Crippen LogP contribution in [0.5, 0.6) is 5.75 Å². The van der Waals surface area contributed by atoms with Crippen molar-refractivity contribution in [3.63, 3.8) is 0 Å². The highest BCUT2D eigenvalue weighted by Crippen LogP contribution is 2.25. The second-order valence-corrected chi connectivity index (χ2v) is 5.77. The van der Waals surface area contributed by atoms with E-state index in [4.69, 9.17) is 21.1 Å². The van der Waals surface area contributed by atoms with Gasteiger partial charge in [0.25, 0.3) is 5.91 Å². The fourth-order valence-electron chi connectivity index (χ4n) is 2.50. The Labute approximate surface area is 130 Å². The highest BCUT2D eigenvalue weighted by molar-refractivity contribution is 6.31. The summed E-state index contributed by atoms with van der Waals surface area (Å²) in [5, 5.41) is 0.525. The van der Waals surface area contributed by atoms with Crippen molar-refractivity contribution in [2.45, 2.75) is 6.04 Å². The predicted octanol–water partition coefficient (Wildman–Crippen LogP) is 1.75. The van der Waals surface area contributed by atoms with Gasteiger partial charge in [-0.1, -0.05) is 11.6 Å². The Kier molecular flexibility index (Phi) is 5.45. The zero-order valence-electron chi connectivity index (χ0n) is 12.6. The van der Waals surface area contributed by atoms with Crippen LogP contribution in [0, 0.1) is 0 Å². The van der Waals surface area contributed by atoms with Gasteiger partial charge in [0, 0.05) is 18.1 Å². The van der Waals surface area contributed by atoms with E-state index in [2.05, 4.69) is 4.90 Å². The van der Waals surface area contributed by atoms with Crippen LogP contribution in [0.3, 0.4) is 0 Å². The van der Waals surface area contributed by atoms with E-state index in [9.17, 15) is 4.79 Å². The molecule has 1 aromatic rings. The van der Waals surface area contributed by atoms with Crippen molar-refractivity contribution in [2.24, 2.45) is 0 Å². The van der Waals surface area contributed by atoms with Crippen molar-refractivity contribution in [1.82, 2.24) is 9.80 Å². The highest BCUT2D eigenvalue weighted by atomic mass is 35.5. The first-order chi connectivity index (χ1) is 10.0. The lowest BCUT2D eigenvalue weighted by atomic mass is 10.1. The first-order valence-electron chi connectivity index (χ1n) is 6.90. The number of carbonyl (C=O) groups is 1. The largest absolute Gasteiger partial charge is 0.496 e. The van der Waals surface area contributed by atoms with Crippen LogP contribution in [0.15, 0.2) is 18.2 Å². The molecule has 0 unspecified atom stereocenters. The van der Waals surface area contributed by atoms with Crippen LogP contribution in [0.25, 0.3) is 0 Å². The van der Waals surface area contributed by atoms with Gasteiger partial charge in [0.1, 0.15) is 5.75 Å². The van der Waals surface area contributed by atoms with E-state index in [1.807, 2.05) is 19.0 Å². The molecule has 6 heteroatoms. The van der Waals surface area contributed by atoms with Gasteiger partial charge in [0.2, 0.25) is 0 Å². The molecule has 116 valence electrons. The second-order valence-electron chi connectivity index (χ2n) is 5.33. The number of halogens is 1. The molecular formula is C15H21ClN2O3. The molecule has 0 N–H and O–H groups in total. The molecule has 0 saturated carbocycles. The standard InChI is InChI=1S/C15H21ClN2O3/c1-17(2)9-12-10-21-7-6-18(12)15(19)13-8-11(16)4-5-14(13)20-3/h4-5,8,12H,6-7,9-10H2,1-3H3/t12-/m1/s1. The zero-order chi connectivity index (χ0) is 15.4. The normalized spacial score (nSPS) is 18.9. The summed E-state index contributed by atoms with van der Waals surface area (Å²) < 4.78 is 10.8. The maximum absolute atomic E-state index is 12.8. The number of rotatable bonds is 4. The van der Waals surface area contributed by atoms with Crippen LogP contribution in [-0.4, -0.2) is 69.3 Å². The number of ether oxygens (including phenoxy) is 2. The summed E-state index contributed by atoms with van der Waals surface area (Å²) in [5.41, 5.74) is 0.496. The number of hydrogen-bond acceptors (Lipinski definition) is 4. The van der Waals surface area contributed by atoms with Crippen LogP contribution in [-0.2, 0) is 4.74 Å². The average molecular weight is 313 g/mol. The van der Waals surface area contributed by atoms with E-state index in [-0.39, 0.29) is 11.9 Å². The monoisotopic (exact) mass is 312 g/mol. The number of methoxy groups -OCH3 is 1. The van der Waals surface area contributed by atoms with Crippen LogP contribution in [0.1, 0.15) is 10.4 Å². The fourth-order valence-corrected chi connectivity index (χ4v) is 2.67. The third kappa shape index (κ3) is 3.87. The molecule has 1 saturated heterocycles. The smallest absolute Gasteiger partial charge is 0.258 e. The van der Waals surface area contributed by atoms with Gasteiger partial charge < -0.3 is 19.3 Å². The van der Waals surface area contributed by atoms with Gasteiger partial charge in [0.15, 0.2) is 0 Å². The van der Waals surface area contributed by atoms with Crippen molar-refractivity contribution in [1.29, 1.82) is 0 Å². The zero-order valence-corrected chi connectivity index (χ0v) is 13.4. The van der Waals surface area contributed by atoms with E-state index in [1.54, 1.807) is 25.3 Å². The lowest BCUT2D eigenvalue weighted by molar-refractivity contribution is -0.00843. The minimum absolute atomic E-state index is 0.0323. The molecule has 1 amide bonds. The van der Waals surface area contributed by atoms with Crippen molar-refractivity contribution < 1.29 is 14.3 Å². The van der Waals surface area contributed by atoms with E-state index >= 15 is 0 Å². The molecule has 1 aliphatic heterocycles. The molecule has 0 radical (unpaired) electrons. The summed E-state index contributed by atoms with van der Waals surface area (Å²) >= 11 is 6.02. The maximum Gasteiger partial charge on any atom is 0.258 e. The number of carbonyl (C=O) groups excluding carboxylic acids is 1. The highest BCUT2D eigenvalue weighted by Gasteiger charge is 2.30. The van der Waals surface area contributed by atoms with Gasteiger partial charge >= 0.3 is 0 Å². The molecule has 1 atom stereocenters. The van der Waals surface area contributed by atoms with Gasteiger partial charge in [-0.2, -0.15) is 0 Å². The van der Waals surface area contributed by atoms with Gasteiger partial charge in [-0.25, -0.2) is 0 Å². The minimum Gasteiger partial charge on any atom is -0.496 e. The second kappa shape index (κ2) is 7.11. The Morgan fingerprint density at radius 1 is 1.52 bits per heavy atom. The topological polar surface area (TPSA) is 42.0 Å². The summed E-state index contributed by atoms with van der Waals surface area (Å²) in [6.07, 6.45) is 0. The molecule has 1 fully saturated rings. The summed E-state index contributed by atoms with van der Waals surface area (Å²) in [7, 11) is 5.52. The molecule has 0 aliphatic carbocycles. The first kappa shape index (κ1) is 16.1. The molecule has 21 heavy (non-hydrogen) atoms. The third-order valence-corrected chi connectivity index (χ3v) is 3.69. The number of hydrogen-bond donors (Lipinski definition) is 0. The van der Waals surface area contributed by atoms with Gasteiger partial charge in [-0.05, 0) is 32.3 Å². The number of likely N-dealkylation sites (N-methyl/N-ethyl adjacent to an activating group) is 1. The molecule has 1 aliphatic rings. The van der Waals surface area contributed by atoms with Gasteiger partial charge in [0.05, 0.1) is 31.9 Å². The van der Waals surface area contributed by atoms with Gasteiger partial charge in [-0.15, -0.1) is 0 Å². The molecule has 5 nitrogen and oxygen atoms in total. The summed E-state index contributed by atoms with van der Waals surface area (Å²) in [6, 6.07) is 5.13. The van der Waals surface area contributed by atoms with Crippen molar-refractivity contribution in [3.8, 4) is 5.75 Å². The van der Waals surface area contributed by atoms with E-state index in [0.717, 1.165) is 6.54 Å². The summed E-state index contributed by atoms with van der Waals surface area (Å²) in [6.45, 7) is 2.44. The minimum atomic E-state index is -0.0653. The molecular weight excluding hydrogens is 292 g/mol.